The van der Waals surface area contributed by atoms with Gasteiger partial charge in [-0.1, -0.05) is 173 Å². The van der Waals surface area contributed by atoms with Gasteiger partial charge in [-0.25, -0.2) is 4.98 Å². The fraction of sp³-hybridized carbons (Fsp3) is 0.364. The predicted octanol–water partition coefficient (Wildman–Crippen LogP) is 18.4. The summed E-state index contributed by atoms with van der Waals surface area (Å²) in [6.07, 6.45) is 1.93. The molecule has 6 heteroatoms. The third-order valence-electron chi connectivity index (χ3n) is 14.2. The molecular formula is C66H75N4OPt-3. The van der Waals surface area contributed by atoms with Crippen LogP contribution in [0.5, 0.6) is 11.5 Å². The van der Waals surface area contributed by atoms with E-state index in [1.807, 2.05) is 18.3 Å². The van der Waals surface area contributed by atoms with Crippen LogP contribution in [0.3, 0.4) is 0 Å². The molecule has 0 unspecified atom stereocenters. The number of nitrogens with zero attached hydrogens (tertiary/aromatic N) is 4. The molecule has 0 spiro atoms. The van der Waals surface area contributed by atoms with Crippen LogP contribution in [0.1, 0.15) is 158 Å². The fourth-order valence-corrected chi connectivity index (χ4v) is 9.67. The number of ether oxygens (including phenoxy) is 1. The second-order valence-electron chi connectivity index (χ2n) is 26.1. The van der Waals surface area contributed by atoms with Crippen molar-refractivity contribution in [1.29, 1.82) is 0 Å². The van der Waals surface area contributed by atoms with Gasteiger partial charge < -0.3 is 19.1 Å². The summed E-state index contributed by atoms with van der Waals surface area (Å²) in [5.74, 6) is 2.07. The Kier molecular flexibility index (Phi) is 13.4. The maximum absolute atomic E-state index is 6.79. The van der Waals surface area contributed by atoms with Gasteiger partial charge in [-0.3, -0.25) is 0 Å². The number of aromatic nitrogens is 2. The van der Waals surface area contributed by atoms with Crippen molar-refractivity contribution < 1.29 is 25.8 Å². The van der Waals surface area contributed by atoms with Gasteiger partial charge in [0.05, 0.1) is 0 Å². The minimum Gasteiger partial charge on any atom is -0.509 e. The molecule has 0 N–H and O–H groups in total. The maximum atomic E-state index is 6.79. The van der Waals surface area contributed by atoms with Crippen molar-refractivity contribution in [3.63, 3.8) is 0 Å². The van der Waals surface area contributed by atoms with Crippen LogP contribution in [0.25, 0.3) is 38.8 Å². The molecule has 9 rings (SSSR count). The Hall–Kier alpha value is -5.64. The van der Waals surface area contributed by atoms with Crippen LogP contribution in [0.2, 0.25) is 0 Å². The van der Waals surface area contributed by atoms with Crippen molar-refractivity contribution in [3.8, 4) is 28.4 Å². The van der Waals surface area contributed by atoms with Crippen molar-refractivity contribution in [2.24, 2.45) is 0 Å². The molecule has 0 saturated heterocycles. The normalized spacial score (nSPS) is 13.8. The van der Waals surface area contributed by atoms with E-state index in [9.17, 15) is 0 Å². The number of anilines is 4. The van der Waals surface area contributed by atoms with E-state index in [1.54, 1.807) is 0 Å². The number of benzene rings is 6. The van der Waals surface area contributed by atoms with E-state index in [0.29, 0.717) is 11.5 Å². The van der Waals surface area contributed by atoms with Crippen LogP contribution in [0.15, 0.2) is 121 Å². The monoisotopic (exact) mass is 1130 g/mol. The third-order valence-corrected chi connectivity index (χ3v) is 14.2. The van der Waals surface area contributed by atoms with Gasteiger partial charge in [-0.15, -0.1) is 48.1 Å². The zero-order chi connectivity index (χ0) is 51.4. The zero-order valence-electron chi connectivity index (χ0n) is 46.1. The Morgan fingerprint density at radius 2 is 1.06 bits per heavy atom. The topological polar surface area (TPSA) is 33.5 Å². The smallest absolute Gasteiger partial charge is 0.135 e. The summed E-state index contributed by atoms with van der Waals surface area (Å²) in [6.45, 7) is 43.4. The fourth-order valence-electron chi connectivity index (χ4n) is 9.67. The summed E-state index contributed by atoms with van der Waals surface area (Å²) < 4.78 is 9.05. The molecule has 0 fully saturated rings. The van der Waals surface area contributed by atoms with Crippen molar-refractivity contribution in [3.05, 3.63) is 174 Å². The molecule has 72 heavy (non-hydrogen) atoms. The zero-order valence-corrected chi connectivity index (χ0v) is 48.4. The molecule has 378 valence electrons. The number of hydrogen-bond donors (Lipinski definition) is 0. The average molecular weight is 1140 g/mol. The quantitative estimate of drug-likeness (QED) is 0.155. The van der Waals surface area contributed by atoms with Crippen LogP contribution in [0, 0.1) is 18.8 Å². The van der Waals surface area contributed by atoms with Gasteiger partial charge in [-0.2, -0.15) is 12.1 Å². The van der Waals surface area contributed by atoms with Gasteiger partial charge in [0.25, 0.3) is 0 Å². The average Bonchev–Trinajstić information content (AvgIpc) is 3.82. The summed E-state index contributed by atoms with van der Waals surface area (Å²) in [6, 6.07) is 50.1. The second kappa shape index (κ2) is 18.4. The van der Waals surface area contributed by atoms with Crippen LogP contribution in [-0.2, 0) is 53.6 Å². The SMILES string of the molecule is CC(C)(C)c1cc(N2[CH-]N(c3[c-]c(Oc4[c-]c5c(cc4)c4ccc(C(C)(C)C)cc4n5-c4cc(C(C)(C)C)ccn4)ccc3)c3ccc(-c4ccc(C(C)(C)C)cc4C(C)(C)C)cc32)cc(C(C)(C)C)c1.[Pt]. The summed E-state index contributed by atoms with van der Waals surface area (Å²) in [7, 11) is 0. The Morgan fingerprint density at radius 3 is 1.68 bits per heavy atom. The van der Waals surface area contributed by atoms with E-state index in [-0.39, 0.29) is 53.6 Å². The van der Waals surface area contributed by atoms with Crippen LogP contribution >= 0.6 is 0 Å². The summed E-state index contributed by atoms with van der Waals surface area (Å²) >= 11 is 0. The summed E-state index contributed by atoms with van der Waals surface area (Å²) in [4.78, 5) is 9.60. The predicted molar refractivity (Wildman–Crippen MR) is 302 cm³/mol. The third kappa shape index (κ3) is 10.3. The maximum Gasteiger partial charge on any atom is 0.135 e. The number of hydrogen-bond acceptors (Lipinski definition) is 4. The molecule has 0 amide bonds. The first kappa shape index (κ1) is 52.7. The first-order valence-electron chi connectivity index (χ1n) is 25.5. The van der Waals surface area contributed by atoms with E-state index in [0.717, 1.165) is 50.4 Å². The standard InChI is InChI=1S/C66H75N4O.Pt/c1-61(2,3)43-23-26-52(55(36-43)66(16,17)18)42-22-29-56-59(32-42)69(49-34-46(64(10,11)12)33-47(35-49)65(13,14)15)41-68(56)48-20-19-21-50(39-48)71-51-25-28-54-53-27-24-44(62(4,5)6)37-57(53)70(58(54)40-51)60-38-45(30-31-67-60)63(7,8)9;/h19-38,41H,1-18H3;/q-3;. The van der Waals surface area contributed by atoms with Crippen LogP contribution in [-0.4, -0.2) is 9.55 Å². The molecular weight excluding hydrogens is 1060 g/mol. The van der Waals surface area contributed by atoms with E-state index in [4.69, 9.17) is 9.72 Å². The Bertz CT molecular complexity index is 3300. The number of rotatable bonds is 6. The van der Waals surface area contributed by atoms with Gasteiger partial charge >= 0.3 is 0 Å². The Labute approximate surface area is 446 Å². The number of pyridine rings is 1. The molecule has 5 nitrogen and oxygen atoms in total. The molecule has 0 bridgehead atoms. The van der Waals surface area contributed by atoms with Crippen molar-refractivity contribution in [2.75, 3.05) is 9.80 Å². The number of fused-ring (bicyclic) bond motifs is 4. The van der Waals surface area contributed by atoms with E-state index < -0.39 is 0 Å². The van der Waals surface area contributed by atoms with Crippen LogP contribution in [0.4, 0.5) is 22.7 Å². The molecule has 0 radical (unpaired) electrons. The molecule has 0 saturated carbocycles. The largest absolute Gasteiger partial charge is 0.509 e. The molecule has 3 heterocycles. The first-order chi connectivity index (χ1) is 32.9. The Morgan fingerprint density at radius 1 is 0.472 bits per heavy atom. The minimum atomic E-state index is -0.0615. The van der Waals surface area contributed by atoms with E-state index in [1.165, 1.54) is 44.5 Å². The molecule has 1 aliphatic rings. The first-order valence-corrected chi connectivity index (χ1v) is 25.5. The van der Waals surface area contributed by atoms with Gasteiger partial charge in [-0.05, 0) is 125 Å². The molecule has 8 aromatic rings. The van der Waals surface area contributed by atoms with Crippen LogP contribution < -0.4 is 14.5 Å². The molecule has 0 atom stereocenters. The van der Waals surface area contributed by atoms with Crippen molar-refractivity contribution in [2.45, 2.75) is 157 Å². The summed E-state index contributed by atoms with van der Waals surface area (Å²) in [5, 5.41) is 2.25. The molecule has 6 aromatic carbocycles. The molecule has 0 aliphatic carbocycles. The van der Waals surface area contributed by atoms with E-state index >= 15 is 0 Å². The Balaban J connectivity index is 0.00000693. The van der Waals surface area contributed by atoms with Gasteiger partial charge in [0, 0.05) is 61.3 Å². The van der Waals surface area contributed by atoms with Gasteiger partial charge in [0.2, 0.25) is 0 Å². The van der Waals surface area contributed by atoms with Crippen molar-refractivity contribution >= 4 is 44.6 Å². The minimum absolute atomic E-state index is 0. The van der Waals surface area contributed by atoms with Gasteiger partial charge in [0.15, 0.2) is 0 Å². The second-order valence-corrected chi connectivity index (χ2v) is 26.1. The van der Waals surface area contributed by atoms with Crippen molar-refractivity contribution in [1.82, 2.24) is 9.55 Å². The van der Waals surface area contributed by atoms with Gasteiger partial charge in [0.1, 0.15) is 5.82 Å². The summed E-state index contributed by atoms with van der Waals surface area (Å²) in [5.41, 5.74) is 16.2. The van der Waals surface area contributed by atoms with E-state index in [2.05, 4.69) is 261 Å². The molecule has 1 aliphatic heterocycles. The molecule has 2 aromatic heterocycles.